The van der Waals surface area contributed by atoms with Crippen molar-refractivity contribution in [1.82, 2.24) is 9.80 Å². The molecule has 0 saturated carbocycles. The van der Waals surface area contributed by atoms with Crippen molar-refractivity contribution >= 4 is 5.91 Å². The lowest BCUT2D eigenvalue weighted by atomic mass is 9.96. The van der Waals surface area contributed by atoms with Crippen LogP contribution in [0, 0.1) is 0 Å². The molecule has 32 heavy (non-hydrogen) atoms. The van der Waals surface area contributed by atoms with Gasteiger partial charge in [-0.15, -0.1) is 0 Å². The number of fused-ring (bicyclic) bond motifs is 1. The maximum Gasteiger partial charge on any atom is 0.222 e. The first kappa shape index (κ1) is 21.6. The molecule has 2 aromatic carbocycles. The summed E-state index contributed by atoms with van der Waals surface area (Å²) in [4.78, 5) is 17.2. The summed E-state index contributed by atoms with van der Waals surface area (Å²) in [6, 6.07) is 19.2. The Morgan fingerprint density at radius 1 is 0.906 bits per heavy atom. The van der Waals surface area contributed by atoms with Crippen molar-refractivity contribution in [1.29, 1.82) is 0 Å². The Morgan fingerprint density at radius 2 is 1.69 bits per heavy atom. The number of piperazine rings is 1. The van der Waals surface area contributed by atoms with Gasteiger partial charge in [0, 0.05) is 39.0 Å². The molecule has 5 rings (SSSR count). The molecule has 1 amide bonds. The van der Waals surface area contributed by atoms with Gasteiger partial charge < -0.3 is 14.4 Å². The summed E-state index contributed by atoms with van der Waals surface area (Å²) < 4.78 is 12.2. The van der Waals surface area contributed by atoms with Gasteiger partial charge in [-0.1, -0.05) is 54.6 Å². The minimum Gasteiger partial charge on any atom is -0.371 e. The number of rotatable bonds is 6. The molecule has 0 radical (unpaired) electrons. The number of nitrogens with zero attached hydrogens (tertiary/aromatic N) is 2. The van der Waals surface area contributed by atoms with Crippen LogP contribution in [0.25, 0.3) is 0 Å². The first-order chi connectivity index (χ1) is 15.8. The van der Waals surface area contributed by atoms with Gasteiger partial charge in [-0.3, -0.25) is 9.69 Å². The summed E-state index contributed by atoms with van der Waals surface area (Å²) in [7, 11) is 0. The predicted octanol–water partition coefficient (Wildman–Crippen LogP) is 3.63. The highest BCUT2D eigenvalue weighted by Gasteiger charge is 2.31. The van der Waals surface area contributed by atoms with Crippen LogP contribution in [-0.2, 0) is 27.1 Å². The molecule has 2 fully saturated rings. The van der Waals surface area contributed by atoms with Crippen LogP contribution < -0.4 is 0 Å². The maximum absolute atomic E-state index is 12.8. The Morgan fingerprint density at radius 3 is 2.47 bits per heavy atom. The van der Waals surface area contributed by atoms with Crippen molar-refractivity contribution in [3.05, 3.63) is 71.3 Å². The van der Waals surface area contributed by atoms with Gasteiger partial charge in [0.2, 0.25) is 5.91 Å². The fraction of sp³-hybridized carbons (Fsp3) is 0.519. The van der Waals surface area contributed by atoms with Crippen molar-refractivity contribution in [3.63, 3.8) is 0 Å². The first-order valence-electron chi connectivity index (χ1n) is 12.1. The van der Waals surface area contributed by atoms with Gasteiger partial charge in [-0.25, -0.2) is 0 Å². The summed E-state index contributed by atoms with van der Waals surface area (Å²) in [6.07, 6.45) is 4.99. The van der Waals surface area contributed by atoms with Crippen LogP contribution in [0.4, 0.5) is 0 Å². The SMILES string of the molecule is O=C(CCC1CCc2ccccc21)N1CCN(C2COC(Cc3ccccc3)CO2)CC1. The molecule has 3 aliphatic rings. The molecule has 0 N–H and O–H groups in total. The van der Waals surface area contributed by atoms with Gasteiger partial charge in [0.1, 0.15) is 6.23 Å². The third-order valence-electron chi connectivity index (χ3n) is 7.29. The van der Waals surface area contributed by atoms with E-state index in [1.165, 1.54) is 23.1 Å². The Kier molecular flexibility index (Phi) is 6.86. The zero-order valence-electron chi connectivity index (χ0n) is 18.8. The van der Waals surface area contributed by atoms with Gasteiger partial charge in [0.05, 0.1) is 19.3 Å². The van der Waals surface area contributed by atoms with Crippen LogP contribution in [-0.4, -0.2) is 67.4 Å². The number of hydrogen-bond acceptors (Lipinski definition) is 4. The third kappa shape index (κ3) is 5.06. The lowest BCUT2D eigenvalue weighted by Gasteiger charge is -2.41. The topological polar surface area (TPSA) is 42.0 Å². The van der Waals surface area contributed by atoms with Crippen LogP contribution in [0.5, 0.6) is 0 Å². The molecule has 2 aromatic rings. The number of ether oxygens (including phenoxy) is 2. The highest BCUT2D eigenvalue weighted by Crippen LogP contribution is 2.36. The summed E-state index contributed by atoms with van der Waals surface area (Å²) in [5, 5.41) is 0. The lowest BCUT2D eigenvalue weighted by molar-refractivity contribution is -0.190. The van der Waals surface area contributed by atoms with E-state index in [1.54, 1.807) is 0 Å². The summed E-state index contributed by atoms with van der Waals surface area (Å²) in [5.41, 5.74) is 4.22. The molecule has 0 bridgehead atoms. The number of aryl methyl sites for hydroxylation is 1. The fourth-order valence-corrected chi connectivity index (χ4v) is 5.40. The van der Waals surface area contributed by atoms with Crippen LogP contribution in [0.1, 0.15) is 41.9 Å². The van der Waals surface area contributed by atoms with Crippen LogP contribution >= 0.6 is 0 Å². The quantitative estimate of drug-likeness (QED) is 0.696. The standard InChI is InChI=1S/C27H34N2O3/c30-26(13-12-23-11-10-22-8-4-5-9-25(22)23)28-14-16-29(17-15-28)27-20-31-24(19-32-27)18-21-6-2-1-3-7-21/h1-9,23-24,27H,10-20H2. The number of hydrogen-bond donors (Lipinski definition) is 0. The smallest absolute Gasteiger partial charge is 0.222 e. The van der Waals surface area contributed by atoms with Crippen molar-refractivity contribution < 1.29 is 14.3 Å². The second-order valence-electron chi connectivity index (χ2n) is 9.32. The van der Waals surface area contributed by atoms with E-state index >= 15 is 0 Å². The van der Waals surface area contributed by atoms with Crippen molar-refractivity contribution in [2.24, 2.45) is 0 Å². The zero-order chi connectivity index (χ0) is 21.8. The zero-order valence-corrected chi connectivity index (χ0v) is 18.8. The maximum atomic E-state index is 12.8. The molecule has 3 atom stereocenters. The average molecular weight is 435 g/mol. The molecule has 5 nitrogen and oxygen atoms in total. The molecular formula is C27H34N2O3. The molecule has 2 aliphatic heterocycles. The van der Waals surface area contributed by atoms with E-state index in [2.05, 4.69) is 53.4 Å². The summed E-state index contributed by atoms with van der Waals surface area (Å²) in [5.74, 6) is 0.853. The molecule has 170 valence electrons. The lowest BCUT2D eigenvalue weighted by Crippen LogP contribution is -2.55. The minimum absolute atomic E-state index is 0.00858. The van der Waals surface area contributed by atoms with Crippen molar-refractivity contribution in [2.45, 2.75) is 50.4 Å². The Bertz CT molecular complexity index is 887. The van der Waals surface area contributed by atoms with Crippen LogP contribution in [0.15, 0.2) is 54.6 Å². The molecule has 3 unspecified atom stereocenters. The van der Waals surface area contributed by atoms with E-state index in [-0.39, 0.29) is 12.3 Å². The largest absolute Gasteiger partial charge is 0.371 e. The van der Waals surface area contributed by atoms with Crippen molar-refractivity contribution in [3.8, 4) is 0 Å². The first-order valence-corrected chi connectivity index (χ1v) is 12.1. The van der Waals surface area contributed by atoms with E-state index in [1.807, 2.05) is 11.0 Å². The van der Waals surface area contributed by atoms with E-state index in [0.717, 1.165) is 45.4 Å². The normalized spacial score (nSPS) is 26.1. The molecule has 2 saturated heterocycles. The second kappa shape index (κ2) is 10.2. The average Bonchev–Trinajstić information content (AvgIpc) is 3.27. The third-order valence-corrected chi connectivity index (χ3v) is 7.29. The summed E-state index contributed by atoms with van der Waals surface area (Å²) in [6.45, 7) is 4.51. The number of benzene rings is 2. The van der Waals surface area contributed by atoms with Gasteiger partial charge in [0.15, 0.2) is 0 Å². The highest BCUT2D eigenvalue weighted by atomic mass is 16.6. The van der Waals surface area contributed by atoms with Crippen molar-refractivity contribution in [2.75, 3.05) is 39.4 Å². The van der Waals surface area contributed by atoms with E-state index in [9.17, 15) is 4.79 Å². The molecular weight excluding hydrogens is 400 g/mol. The minimum atomic E-state index is 0.00858. The Labute approximate surface area is 191 Å². The van der Waals surface area contributed by atoms with Crippen LogP contribution in [0.2, 0.25) is 0 Å². The van der Waals surface area contributed by atoms with Gasteiger partial charge in [-0.2, -0.15) is 0 Å². The molecule has 2 heterocycles. The highest BCUT2D eigenvalue weighted by molar-refractivity contribution is 5.76. The van der Waals surface area contributed by atoms with Gasteiger partial charge in [-0.05, 0) is 41.9 Å². The second-order valence-corrected chi connectivity index (χ2v) is 9.32. The van der Waals surface area contributed by atoms with E-state index in [0.29, 0.717) is 31.5 Å². The fourth-order valence-electron chi connectivity index (χ4n) is 5.40. The van der Waals surface area contributed by atoms with E-state index < -0.39 is 0 Å². The van der Waals surface area contributed by atoms with Gasteiger partial charge in [0.25, 0.3) is 0 Å². The predicted molar refractivity (Wildman–Crippen MR) is 125 cm³/mol. The molecule has 0 spiro atoms. The molecule has 0 aromatic heterocycles. The van der Waals surface area contributed by atoms with Crippen LogP contribution in [0.3, 0.4) is 0 Å². The Balaban J connectivity index is 1.03. The van der Waals surface area contributed by atoms with Gasteiger partial charge >= 0.3 is 0 Å². The Hall–Kier alpha value is -2.21. The monoisotopic (exact) mass is 434 g/mol. The molecule has 1 aliphatic carbocycles. The van der Waals surface area contributed by atoms with E-state index in [4.69, 9.17) is 9.47 Å². The molecule has 5 heteroatoms. The number of amides is 1. The summed E-state index contributed by atoms with van der Waals surface area (Å²) >= 11 is 0. The number of carbonyl (C=O) groups excluding carboxylic acids is 1. The number of carbonyl (C=O) groups is 1.